The standard InChI is InChI=1S/C20H31F3N4OS/c1-19(2,3)29(28)14-9-25-18(24-4)27-12-10-26(11-13-27)15-16-5-7-17(8-6-16)20(21,22)23/h5-8H,9-15H2,1-4H3,(H,24,25). The van der Waals surface area contributed by atoms with Crippen LogP contribution in [0.2, 0.25) is 0 Å². The summed E-state index contributed by atoms with van der Waals surface area (Å²) < 4.78 is 49.9. The molecule has 1 fully saturated rings. The molecule has 1 atom stereocenters. The van der Waals surface area contributed by atoms with Gasteiger partial charge in [0.1, 0.15) is 0 Å². The number of alkyl halides is 3. The maximum atomic E-state index is 12.7. The highest BCUT2D eigenvalue weighted by Gasteiger charge is 2.30. The number of nitrogens with zero attached hydrogens (tertiary/aromatic N) is 3. The zero-order valence-electron chi connectivity index (χ0n) is 17.6. The van der Waals surface area contributed by atoms with E-state index in [2.05, 4.69) is 20.1 Å². The van der Waals surface area contributed by atoms with Crippen LogP contribution in [0.25, 0.3) is 0 Å². The fourth-order valence-corrected chi connectivity index (χ4v) is 3.97. The normalized spacial score (nSPS) is 18.0. The van der Waals surface area contributed by atoms with Gasteiger partial charge in [0.25, 0.3) is 0 Å². The van der Waals surface area contributed by atoms with Crippen molar-refractivity contribution in [3.8, 4) is 0 Å². The molecule has 0 aromatic heterocycles. The third-order valence-electron chi connectivity index (χ3n) is 4.82. The number of benzene rings is 1. The van der Waals surface area contributed by atoms with E-state index in [9.17, 15) is 17.4 Å². The maximum Gasteiger partial charge on any atom is 0.416 e. The van der Waals surface area contributed by atoms with Gasteiger partial charge in [-0.1, -0.05) is 12.1 Å². The molecular formula is C20H31F3N4OS. The molecule has 0 amide bonds. The van der Waals surface area contributed by atoms with Crippen molar-refractivity contribution in [3.05, 3.63) is 35.4 Å². The topological polar surface area (TPSA) is 47.9 Å². The quantitative estimate of drug-likeness (QED) is 0.574. The largest absolute Gasteiger partial charge is 0.416 e. The molecular weight excluding hydrogens is 401 g/mol. The molecule has 1 aliphatic heterocycles. The fraction of sp³-hybridized carbons (Fsp3) is 0.650. The third-order valence-corrected chi connectivity index (χ3v) is 6.77. The van der Waals surface area contributed by atoms with Crippen molar-refractivity contribution in [2.45, 2.75) is 38.2 Å². The molecule has 1 N–H and O–H groups in total. The summed E-state index contributed by atoms with van der Waals surface area (Å²) in [4.78, 5) is 8.70. The molecule has 1 saturated heterocycles. The van der Waals surface area contributed by atoms with Crippen LogP contribution in [0.1, 0.15) is 31.9 Å². The Balaban J connectivity index is 1.79. The van der Waals surface area contributed by atoms with Gasteiger partial charge in [-0.3, -0.25) is 14.1 Å². The van der Waals surface area contributed by atoms with E-state index >= 15 is 0 Å². The summed E-state index contributed by atoms with van der Waals surface area (Å²) in [5.41, 5.74) is 0.256. The van der Waals surface area contributed by atoms with Crippen molar-refractivity contribution in [1.29, 1.82) is 0 Å². The van der Waals surface area contributed by atoms with Gasteiger partial charge in [-0.2, -0.15) is 13.2 Å². The average molecular weight is 433 g/mol. The SMILES string of the molecule is CN=C(NCCS(=O)C(C)(C)C)N1CCN(Cc2ccc(C(F)(F)F)cc2)CC1. The monoisotopic (exact) mass is 432 g/mol. The van der Waals surface area contributed by atoms with Crippen LogP contribution in [0.5, 0.6) is 0 Å². The number of aliphatic imine (C=N–C) groups is 1. The van der Waals surface area contributed by atoms with Crippen LogP contribution in [0.3, 0.4) is 0 Å². The summed E-state index contributed by atoms with van der Waals surface area (Å²) in [5.74, 6) is 1.36. The molecule has 2 rings (SSSR count). The smallest absolute Gasteiger partial charge is 0.355 e. The number of rotatable bonds is 5. The molecule has 5 nitrogen and oxygen atoms in total. The lowest BCUT2D eigenvalue weighted by Crippen LogP contribution is -2.52. The molecule has 0 spiro atoms. The van der Waals surface area contributed by atoms with Crippen LogP contribution < -0.4 is 5.32 Å². The zero-order valence-corrected chi connectivity index (χ0v) is 18.4. The molecule has 0 saturated carbocycles. The molecule has 0 bridgehead atoms. The molecule has 1 aliphatic rings. The van der Waals surface area contributed by atoms with E-state index < -0.39 is 22.5 Å². The minimum atomic E-state index is -4.30. The molecule has 164 valence electrons. The second kappa shape index (κ2) is 9.93. The molecule has 9 heteroatoms. The third kappa shape index (κ3) is 7.29. The maximum absolute atomic E-state index is 12.7. The van der Waals surface area contributed by atoms with E-state index in [-0.39, 0.29) is 4.75 Å². The van der Waals surface area contributed by atoms with Gasteiger partial charge >= 0.3 is 6.18 Å². The first-order valence-electron chi connectivity index (χ1n) is 9.73. The van der Waals surface area contributed by atoms with Crippen LogP contribution in [-0.2, 0) is 23.5 Å². The minimum Gasteiger partial charge on any atom is -0.355 e. The van der Waals surface area contributed by atoms with Crippen molar-refractivity contribution >= 4 is 16.8 Å². The summed E-state index contributed by atoms with van der Waals surface area (Å²) in [6.07, 6.45) is -4.30. The second-order valence-electron chi connectivity index (χ2n) is 8.09. The van der Waals surface area contributed by atoms with Crippen LogP contribution in [0.4, 0.5) is 13.2 Å². The number of hydrogen-bond donors (Lipinski definition) is 1. The van der Waals surface area contributed by atoms with Crippen LogP contribution in [0.15, 0.2) is 29.3 Å². The highest BCUT2D eigenvalue weighted by atomic mass is 32.2. The predicted octanol–water partition coefficient (Wildman–Crippen LogP) is 2.95. The molecule has 0 aliphatic carbocycles. The highest BCUT2D eigenvalue weighted by molar-refractivity contribution is 7.86. The van der Waals surface area contributed by atoms with Crippen molar-refractivity contribution in [2.24, 2.45) is 4.99 Å². The lowest BCUT2D eigenvalue weighted by Gasteiger charge is -2.36. The average Bonchev–Trinajstić information content (AvgIpc) is 2.65. The van der Waals surface area contributed by atoms with Gasteiger partial charge in [-0.05, 0) is 38.5 Å². The van der Waals surface area contributed by atoms with E-state index in [4.69, 9.17) is 0 Å². The van der Waals surface area contributed by atoms with E-state index in [1.54, 1.807) is 19.2 Å². The summed E-state index contributed by atoms with van der Waals surface area (Å²) in [6, 6.07) is 5.37. The van der Waals surface area contributed by atoms with E-state index in [1.165, 1.54) is 0 Å². The predicted molar refractivity (Wildman–Crippen MR) is 112 cm³/mol. The summed E-state index contributed by atoms with van der Waals surface area (Å²) >= 11 is 0. The first kappa shape index (κ1) is 23.7. The number of nitrogens with one attached hydrogen (secondary N) is 1. The number of piperazine rings is 1. The Morgan fingerprint density at radius 3 is 2.17 bits per heavy atom. The van der Waals surface area contributed by atoms with Gasteiger partial charge in [0.2, 0.25) is 0 Å². The number of hydrogen-bond acceptors (Lipinski definition) is 3. The van der Waals surface area contributed by atoms with Gasteiger partial charge in [0.05, 0.1) is 5.56 Å². The van der Waals surface area contributed by atoms with Crippen molar-refractivity contribution < 1.29 is 17.4 Å². The van der Waals surface area contributed by atoms with Gasteiger partial charge < -0.3 is 10.2 Å². The molecule has 0 radical (unpaired) electrons. The Hall–Kier alpha value is -1.61. The number of halogens is 3. The van der Waals surface area contributed by atoms with Gasteiger partial charge in [-0.25, -0.2) is 0 Å². The summed E-state index contributed by atoms with van der Waals surface area (Å²) in [7, 11) is 0.823. The lowest BCUT2D eigenvalue weighted by atomic mass is 10.1. The molecule has 29 heavy (non-hydrogen) atoms. The zero-order chi connectivity index (χ0) is 21.7. The minimum absolute atomic E-state index is 0.227. The number of guanidine groups is 1. The van der Waals surface area contributed by atoms with E-state index in [0.29, 0.717) is 18.8 Å². The highest BCUT2D eigenvalue weighted by Crippen LogP contribution is 2.29. The molecule has 1 unspecified atom stereocenters. The summed E-state index contributed by atoms with van der Waals surface area (Å²) in [5, 5.41) is 3.28. The Morgan fingerprint density at radius 2 is 1.69 bits per heavy atom. The Kier molecular flexibility index (Phi) is 8.10. The fourth-order valence-electron chi connectivity index (χ4n) is 3.07. The van der Waals surface area contributed by atoms with Crippen molar-refractivity contribution in [3.63, 3.8) is 0 Å². The van der Waals surface area contributed by atoms with Gasteiger partial charge in [-0.15, -0.1) is 0 Å². The Labute approximate surface area is 173 Å². The van der Waals surface area contributed by atoms with Gasteiger partial charge in [0.15, 0.2) is 5.96 Å². The van der Waals surface area contributed by atoms with E-state index in [1.807, 2.05) is 20.8 Å². The van der Waals surface area contributed by atoms with E-state index in [0.717, 1.165) is 49.8 Å². The second-order valence-corrected chi connectivity index (χ2v) is 10.4. The Morgan fingerprint density at radius 1 is 1.10 bits per heavy atom. The van der Waals surface area contributed by atoms with Crippen molar-refractivity contribution in [2.75, 3.05) is 45.5 Å². The van der Waals surface area contributed by atoms with Crippen LogP contribution in [0, 0.1) is 0 Å². The van der Waals surface area contributed by atoms with Crippen molar-refractivity contribution in [1.82, 2.24) is 15.1 Å². The van der Waals surface area contributed by atoms with Gasteiger partial charge in [0, 0.05) is 67.6 Å². The van der Waals surface area contributed by atoms with Crippen LogP contribution >= 0.6 is 0 Å². The first-order chi connectivity index (χ1) is 13.5. The molecule has 1 aromatic rings. The first-order valence-corrected chi connectivity index (χ1v) is 11.0. The lowest BCUT2D eigenvalue weighted by molar-refractivity contribution is -0.137. The van der Waals surface area contributed by atoms with Crippen LogP contribution in [-0.4, -0.2) is 70.2 Å². The Bertz CT molecular complexity index is 706. The molecule has 1 aromatic carbocycles. The molecule has 1 heterocycles. The summed E-state index contributed by atoms with van der Waals surface area (Å²) in [6.45, 7) is 10.3.